The van der Waals surface area contributed by atoms with E-state index in [1.807, 2.05) is 24.3 Å². The van der Waals surface area contributed by atoms with Crippen LogP contribution in [0.25, 0.3) is 0 Å². The zero-order chi connectivity index (χ0) is 22.3. The number of hydrogen-bond acceptors (Lipinski definition) is 5. The highest BCUT2D eigenvalue weighted by Gasteiger charge is 2.71. The van der Waals surface area contributed by atoms with Crippen molar-refractivity contribution in [2.24, 2.45) is 5.73 Å². The minimum Gasteiger partial charge on any atom is -0.444 e. The van der Waals surface area contributed by atoms with Crippen LogP contribution >= 0.6 is 27.5 Å². The van der Waals surface area contributed by atoms with Gasteiger partial charge in [0.05, 0.1) is 10.4 Å². The van der Waals surface area contributed by atoms with Gasteiger partial charge in [-0.2, -0.15) is 0 Å². The first-order chi connectivity index (χ1) is 13.9. The van der Waals surface area contributed by atoms with Crippen LogP contribution in [-0.2, 0) is 14.6 Å². The zero-order valence-electron chi connectivity index (χ0n) is 16.9. The van der Waals surface area contributed by atoms with Crippen molar-refractivity contribution in [2.75, 3.05) is 6.54 Å². The van der Waals surface area contributed by atoms with Crippen LogP contribution in [0.15, 0.2) is 57.9 Å². The summed E-state index contributed by atoms with van der Waals surface area (Å²) >= 11 is 9.30. The molecule has 1 aliphatic rings. The summed E-state index contributed by atoms with van der Waals surface area (Å²) < 4.78 is 33.2. The Morgan fingerprint density at radius 2 is 1.73 bits per heavy atom. The molecular formula is C21H24BrClN2O4S. The van der Waals surface area contributed by atoms with Gasteiger partial charge in [0, 0.05) is 22.0 Å². The minimum absolute atomic E-state index is 0.0650. The smallest absolute Gasteiger partial charge is 0.408 e. The molecule has 0 spiro atoms. The highest BCUT2D eigenvalue weighted by molar-refractivity contribution is 9.10. The van der Waals surface area contributed by atoms with Crippen molar-refractivity contribution in [3.63, 3.8) is 0 Å². The molecule has 0 heterocycles. The van der Waals surface area contributed by atoms with E-state index in [0.29, 0.717) is 5.02 Å². The Morgan fingerprint density at radius 1 is 1.17 bits per heavy atom. The third-order valence-corrected chi connectivity index (χ3v) is 8.10. The number of nitrogens with one attached hydrogen (secondary N) is 1. The van der Waals surface area contributed by atoms with Gasteiger partial charge < -0.3 is 15.8 Å². The summed E-state index contributed by atoms with van der Waals surface area (Å²) in [5, 5.41) is 2.27. The predicted molar refractivity (Wildman–Crippen MR) is 120 cm³/mol. The van der Waals surface area contributed by atoms with E-state index in [9.17, 15) is 13.2 Å². The highest BCUT2D eigenvalue weighted by Crippen LogP contribution is 2.57. The molecule has 0 bridgehead atoms. The van der Waals surface area contributed by atoms with Gasteiger partial charge in [0.2, 0.25) is 0 Å². The summed E-state index contributed by atoms with van der Waals surface area (Å²) in [6, 6.07) is 13.3. The molecule has 1 saturated carbocycles. The lowest BCUT2D eigenvalue weighted by atomic mass is 10.1. The third-order valence-electron chi connectivity index (χ3n) is 5.03. The SMILES string of the molecule is CC(C)(C)OC(=O)N[C@]1(CN)[C@H](c2ccc(Br)cc2)[C@@H]1S(=O)(=O)c1ccc(Cl)cc1. The van der Waals surface area contributed by atoms with E-state index < -0.39 is 38.2 Å². The summed E-state index contributed by atoms with van der Waals surface area (Å²) in [7, 11) is -3.82. The average Bonchev–Trinajstić information content (AvgIpc) is 3.30. The second-order valence-corrected chi connectivity index (χ2v) is 11.7. The molecule has 0 aliphatic heterocycles. The van der Waals surface area contributed by atoms with Crippen LogP contribution in [0.5, 0.6) is 0 Å². The molecule has 0 unspecified atom stereocenters. The van der Waals surface area contributed by atoms with E-state index in [2.05, 4.69) is 21.2 Å². The van der Waals surface area contributed by atoms with E-state index in [1.165, 1.54) is 24.3 Å². The average molecular weight is 516 g/mol. The molecule has 162 valence electrons. The first-order valence-corrected chi connectivity index (χ1v) is 12.1. The number of alkyl carbamates (subject to hydrolysis) is 1. The minimum atomic E-state index is -3.82. The zero-order valence-corrected chi connectivity index (χ0v) is 20.0. The molecule has 1 fully saturated rings. The first kappa shape index (κ1) is 23.1. The lowest BCUT2D eigenvalue weighted by Gasteiger charge is -2.24. The number of hydrogen-bond donors (Lipinski definition) is 2. The van der Waals surface area contributed by atoms with Gasteiger partial charge in [0.25, 0.3) is 0 Å². The lowest BCUT2D eigenvalue weighted by molar-refractivity contribution is 0.0497. The van der Waals surface area contributed by atoms with E-state index in [0.717, 1.165) is 10.0 Å². The second kappa shape index (κ2) is 8.15. The summed E-state index contributed by atoms with van der Waals surface area (Å²) in [4.78, 5) is 12.7. The predicted octanol–water partition coefficient (Wildman–Crippen LogP) is 4.26. The largest absolute Gasteiger partial charge is 0.444 e. The Morgan fingerprint density at radius 3 is 2.23 bits per heavy atom. The van der Waals surface area contributed by atoms with Crippen molar-refractivity contribution in [2.45, 2.75) is 48.0 Å². The standard InChI is InChI=1S/C21H24BrClN2O4S/c1-20(2,3)29-19(26)25-21(12-24)17(13-4-6-14(22)7-5-13)18(21)30(27,28)16-10-8-15(23)9-11-16/h4-11,17-18H,12,24H2,1-3H3,(H,25,26)/t17-,18+,21-/m1/s1. The van der Waals surface area contributed by atoms with Crippen LogP contribution in [0, 0.1) is 0 Å². The van der Waals surface area contributed by atoms with Crippen LogP contribution in [0.3, 0.4) is 0 Å². The fourth-order valence-corrected chi connectivity index (χ4v) is 6.44. The number of rotatable bonds is 5. The van der Waals surface area contributed by atoms with E-state index in [1.54, 1.807) is 20.8 Å². The molecule has 0 aromatic heterocycles. The molecule has 6 nitrogen and oxygen atoms in total. The first-order valence-electron chi connectivity index (χ1n) is 9.37. The van der Waals surface area contributed by atoms with Gasteiger partial charge in [-0.1, -0.05) is 39.7 Å². The number of ether oxygens (including phenoxy) is 1. The van der Waals surface area contributed by atoms with Gasteiger partial charge in [0.15, 0.2) is 9.84 Å². The molecule has 0 saturated heterocycles. The van der Waals surface area contributed by atoms with Gasteiger partial charge in [-0.25, -0.2) is 13.2 Å². The molecule has 9 heteroatoms. The Hall–Kier alpha value is -1.61. The Balaban J connectivity index is 2.03. The third kappa shape index (κ3) is 4.51. The normalized spacial score (nSPS) is 23.7. The number of carbonyl (C=O) groups is 1. The summed E-state index contributed by atoms with van der Waals surface area (Å²) in [5.74, 6) is -0.524. The van der Waals surface area contributed by atoms with Crippen LogP contribution in [0.1, 0.15) is 32.3 Å². The summed E-state index contributed by atoms with van der Waals surface area (Å²) in [6.45, 7) is 5.15. The molecular weight excluding hydrogens is 492 g/mol. The topological polar surface area (TPSA) is 98.5 Å². The van der Waals surface area contributed by atoms with Crippen LogP contribution < -0.4 is 11.1 Å². The van der Waals surface area contributed by atoms with E-state index >= 15 is 0 Å². The van der Waals surface area contributed by atoms with Gasteiger partial charge in [-0.3, -0.25) is 0 Å². The van der Waals surface area contributed by atoms with Crippen LogP contribution in [-0.4, -0.2) is 37.4 Å². The van der Waals surface area contributed by atoms with Crippen molar-refractivity contribution in [3.8, 4) is 0 Å². The molecule has 3 rings (SSSR count). The van der Waals surface area contributed by atoms with Crippen molar-refractivity contribution >= 4 is 43.5 Å². The van der Waals surface area contributed by atoms with Gasteiger partial charge in [0.1, 0.15) is 10.9 Å². The van der Waals surface area contributed by atoms with Crippen molar-refractivity contribution in [1.82, 2.24) is 5.32 Å². The Kier molecular flexibility index (Phi) is 6.26. The summed E-state index contributed by atoms with van der Waals surface area (Å²) in [6.07, 6.45) is -0.705. The quantitative estimate of drug-likeness (QED) is 0.620. The summed E-state index contributed by atoms with van der Waals surface area (Å²) in [5.41, 5.74) is 4.91. The highest BCUT2D eigenvalue weighted by atomic mass is 79.9. The second-order valence-electron chi connectivity index (χ2n) is 8.32. The fraction of sp³-hybridized carbons (Fsp3) is 0.381. The fourth-order valence-electron chi connectivity index (χ4n) is 3.71. The maximum atomic E-state index is 13.5. The van der Waals surface area contributed by atoms with E-state index in [-0.39, 0.29) is 11.4 Å². The molecule has 2 aromatic rings. The number of nitrogens with two attached hydrogens (primary N) is 1. The molecule has 30 heavy (non-hydrogen) atoms. The number of carbonyl (C=O) groups excluding carboxylic acids is 1. The monoisotopic (exact) mass is 514 g/mol. The Labute approximate surface area is 190 Å². The molecule has 3 atom stereocenters. The lowest BCUT2D eigenvalue weighted by Crippen LogP contribution is -2.49. The van der Waals surface area contributed by atoms with E-state index in [4.69, 9.17) is 22.1 Å². The maximum Gasteiger partial charge on any atom is 0.408 e. The molecule has 1 aliphatic carbocycles. The van der Waals surface area contributed by atoms with Crippen LogP contribution in [0.2, 0.25) is 5.02 Å². The number of sulfone groups is 1. The number of benzene rings is 2. The van der Waals surface area contributed by atoms with Crippen molar-refractivity contribution in [1.29, 1.82) is 0 Å². The van der Waals surface area contributed by atoms with Crippen molar-refractivity contribution < 1.29 is 17.9 Å². The maximum absolute atomic E-state index is 13.5. The van der Waals surface area contributed by atoms with Crippen LogP contribution in [0.4, 0.5) is 4.79 Å². The van der Waals surface area contributed by atoms with Crippen molar-refractivity contribution in [3.05, 3.63) is 63.6 Å². The van der Waals surface area contributed by atoms with Gasteiger partial charge in [-0.05, 0) is 62.7 Å². The number of halogens is 2. The van der Waals surface area contributed by atoms with Gasteiger partial charge in [-0.15, -0.1) is 0 Å². The molecule has 2 aromatic carbocycles. The van der Waals surface area contributed by atoms with Gasteiger partial charge >= 0.3 is 6.09 Å². The molecule has 0 radical (unpaired) electrons. The molecule has 3 N–H and O–H groups in total. The Bertz CT molecular complexity index is 1040. The molecule has 1 amide bonds. The number of amides is 1.